The molecule has 0 spiro atoms. The molecule has 0 bridgehead atoms. The molecule has 4 nitrogen and oxygen atoms in total. The van der Waals surface area contributed by atoms with Crippen LogP contribution in [-0.4, -0.2) is 17.0 Å². The molecule has 2 rings (SSSR count). The highest BCUT2D eigenvalue weighted by Crippen LogP contribution is 2.38. The predicted molar refractivity (Wildman–Crippen MR) is 125 cm³/mol. The number of phenolic OH excluding ortho intramolecular Hbond substituents is 1. The number of hydrogen-bond acceptors (Lipinski definition) is 4. The summed E-state index contributed by atoms with van der Waals surface area (Å²) in [4.78, 5) is 12.6. The summed E-state index contributed by atoms with van der Waals surface area (Å²) in [5, 5.41) is 10.9. The van der Waals surface area contributed by atoms with E-state index in [1.807, 2.05) is 58.1 Å². The predicted octanol–water partition coefficient (Wildman–Crippen LogP) is 5.89. The van der Waals surface area contributed by atoms with Crippen LogP contribution in [0.15, 0.2) is 60.7 Å². The van der Waals surface area contributed by atoms with Crippen molar-refractivity contribution in [1.29, 1.82) is 0 Å². The van der Waals surface area contributed by atoms with Gasteiger partial charge in [-0.25, -0.2) is 0 Å². The molecule has 0 aliphatic heterocycles. The Kier molecular flexibility index (Phi) is 8.48. The van der Waals surface area contributed by atoms with Gasteiger partial charge in [0.25, 0.3) is 0 Å². The van der Waals surface area contributed by atoms with E-state index in [2.05, 4.69) is 0 Å². The van der Waals surface area contributed by atoms with Crippen molar-refractivity contribution in [1.82, 2.24) is 0 Å². The van der Waals surface area contributed by atoms with Gasteiger partial charge < -0.3 is 15.6 Å². The average molecular weight is 406 g/mol. The van der Waals surface area contributed by atoms with Gasteiger partial charge in [0.15, 0.2) is 5.78 Å². The summed E-state index contributed by atoms with van der Waals surface area (Å²) in [7, 11) is 0. The Hall–Kier alpha value is -3.27. The number of nitrogen functional groups attached to an aromatic ring is 1. The van der Waals surface area contributed by atoms with Gasteiger partial charge in [0.2, 0.25) is 0 Å². The molecule has 30 heavy (non-hydrogen) atoms. The van der Waals surface area contributed by atoms with E-state index in [1.165, 1.54) is 6.08 Å². The molecule has 0 saturated heterocycles. The molecule has 0 heterocycles. The minimum absolute atomic E-state index is 0.0740. The SMILES string of the molecule is CC=CCc1cc(C=CC(=O)c2ccc(N)cc2)c(OC(C)C)c(CC=CC)c1O. The van der Waals surface area contributed by atoms with Crippen LogP contribution in [0.25, 0.3) is 6.08 Å². The highest BCUT2D eigenvalue weighted by Gasteiger charge is 2.18. The van der Waals surface area contributed by atoms with Gasteiger partial charge in [-0.05, 0) is 88.6 Å². The van der Waals surface area contributed by atoms with Crippen molar-refractivity contribution in [2.24, 2.45) is 0 Å². The maximum absolute atomic E-state index is 12.6. The van der Waals surface area contributed by atoms with Crippen molar-refractivity contribution in [3.63, 3.8) is 0 Å². The summed E-state index contributed by atoms with van der Waals surface area (Å²) in [6, 6.07) is 8.72. The van der Waals surface area contributed by atoms with E-state index in [0.29, 0.717) is 29.8 Å². The van der Waals surface area contributed by atoms with Gasteiger partial charge >= 0.3 is 0 Å². The van der Waals surface area contributed by atoms with Gasteiger partial charge in [0.05, 0.1) is 6.10 Å². The second-order valence-corrected chi connectivity index (χ2v) is 7.31. The number of rotatable bonds is 9. The largest absolute Gasteiger partial charge is 0.507 e. The molecule has 0 unspecified atom stereocenters. The van der Waals surface area contributed by atoms with Crippen LogP contribution in [-0.2, 0) is 12.8 Å². The lowest BCUT2D eigenvalue weighted by molar-refractivity contribution is 0.104. The molecule has 4 heteroatoms. The molecule has 158 valence electrons. The third kappa shape index (κ3) is 6.11. The number of allylic oxidation sites excluding steroid dienone is 5. The van der Waals surface area contributed by atoms with Gasteiger partial charge in [-0.3, -0.25) is 4.79 Å². The molecular formula is C26H31NO3. The smallest absolute Gasteiger partial charge is 0.185 e. The number of ketones is 1. The maximum atomic E-state index is 12.6. The highest BCUT2D eigenvalue weighted by molar-refractivity contribution is 6.07. The molecule has 0 atom stereocenters. The van der Waals surface area contributed by atoms with E-state index < -0.39 is 0 Å². The number of anilines is 1. The van der Waals surface area contributed by atoms with Crippen LogP contribution in [0, 0.1) is 0 Å². The van der Waals surface area contributed by atoms with Crippen molar-refractivity contribution < 1.29 is 14.6 Å². The second-order valence-electron chi connectivity index (χ2n) is 7.31. The molecule has 0 aliphatic carbocycles. The second kappa shape index (κ2) is 11.1. The Morgan fingerprint density at radius 2 is 1.73 bits per heavy atom. The summed E-state index contributed by atoms with van der Waals surface area (Å²) in [5.74, 6) is 0.721. The van der Waals surface area contributed by atoms with Gasteiger partial charge in [-0.15, -0.1) is 0 Å². The van der Waals surface area contributed by atoms with Crippen molar-refractivity contribution in [3.05, 3.63) is 83.0 Å². The fourth-order valence-corrected chi connectivity index (χ4v) is 3.03. The lowest BCUT2D eigenvalue weighted by atomic mass is 9.96. The molecule has 0 fully saturated rings. The lowest BCUT2D eigenvalue weighted by Gasteiger charge is -2.20. The minimum atomic E-state index is -0.122. The Morgan fingerprint density at radius 3 is 2.33 bits per heavy atom. The third-order valence-electron chi connectivity index (χ3n) is 4.55. The Labute approximate surface area is 179 Å². The fraction of sp³-hybridized carbons (Fsp3) is 0.269. The van der Waals surface area contributed by atoms with E-state index in [-0.39, 0.29) is 17.6 Å². The highest BCUT2D eigenvalue weighted by atomic mass is 16.5. The molecule has 3 N–H and O–H groups in total. The van der Waals surface area contributed by atoms with Gasteiger partial charge in [0, 0.05) is 22.4 Å². The zero-order valence-corrected chi connectivity index (χ0v) is 18.2. The summed E-state index contributed by atoms with van der Waals surface area (Å²) >= 11 is 0. The van der Waals surface area contributed by atoms with E-state index in [0.717, 1.165) is 16.7 Å². The summed E-state index contributed by atoms with van der Waals surface area (Å²) < 4.78 is 6.08. The summed E-state index contributed by atoms with van der Waals surface area (Å²) in [6.07, 6.45) is 12.2. The van der Waals surface area contributed by atoms with Crippen molar-refractivity contribution in [2.75, 3.05) is 5.73 Å². The minimum Gasteiger partial charge on any atom is -0.507 e. The van der Waals surface area contributed by atoms with Crippen molar-refractivity contribution >= 4 is 17.5 Å². The maximum Gasteiger partial charge on any atom is 0.185 e. The first kappa shape index (κ1) is 23.0. The fourth-order valence-electron chi connectivity index (χ4n) is 3.03. The van der Waals surface area contributed by atoms with Crippen LogP contribution in [0.2, 0.25) is 0 Å². The van der Waals surface area contributed by atoms with Crippen LogP contribution in [0.5, 0.6) is 11.5 Å². The molecule has 2 aromatic carbocycles. The number of phenols is 1. The summed E-state index contributed by atoms with van der Waals surface area (Å²) in [6.45, 7) is 7.77. The number of ether oxygens (including phenoxy) is 1. The standard InChI is InChI=1S/C26H31NO3/c1-5-7-9-20-17-21(13-16-24(28)19-11-14-22(27)15-12-19)26(30-18(3)4)23(25(20)29)10-8-6-2/h5-8,11-18,29H,9-10,27H2,1-4H3. The van der Waals surface area contributed by atoms with E-state index in [4.69, 9.17) is 10.5 Å². The van der Waals surface area contributed by atoms with Crippen molar-refractivity contribution in [2.45, 2.75) is 46.6 Å². The van der Waals surface area contributed by atoms with Gasteiger partial charge in [0.1, 0.15) is 11.5 Å². The number of carbonyl (C=O) groups is 1. The first-order valence-electron chi connectivity index (χ1n) is 10.2. The Balaban J connectivity index is 2.55. The average Bonchev–Trinajstić information content (AvgIpc) is 2.72. The number of nitrogens with two attached hydrogens (primary N) is 1. The van der Waals surface area contributed by atoms with Crippen molar-refractivity contribution in [3.8, 4) is 11.5 Å². The van der Waals surface area contributed by atoms with E-state index >= 15 is 0 Å². The van der Waals surface area contributed by atoms with Crippen LogP contribution >= 0.6 is 0 Å². The Bertz CT molecular complexity index is 951. The molecule has 0 saturated carbocycles. The van der Waals surface area contributed by atoms with Crippen LogP contribution in [0.3, 0.4) is 0 Å². The lowest BCUT2D eigenvalue weighted by Crippen LogP contribution is -2.10. The number of carbonyl (C=O) groups excluding carboxylic acids is 1. The third-order valence-corrected chi connectivity index (χ3v) is 4.55. The molecule has 2 aromatic rings. The molecule has 0 amide bonds. The Morgan fingerprint density at radius 1 is 1.10 bits per heavy atom. The van der Waals surface area contributed by atoms with Crippen LogP contribution in [0.1, 0.15) is 54.7 Å². The zero-order valence-electron chi connectivity index (χ0n) is 18.2. The molecule has 0 aromatic heterocycles. The van der Waals surface area contributed by atoms with E-state index in [1.54, 1.807) is 30.3 Å². The van der Waals surface area contributed by atoms with Gasteiger partial charge in [-0.2, -0.15) is 0 Å². The molecule has 0 aliphatic rings. The summed E-state index contributed by atoms with van der Waals surface area (Å²) in [5.41, 5.74) is 9.17. The zero-order chi connectivity index (χ0) is 22.1. The normalized spacial score (nSPS) is 11.9. The first-order chi connectivity index (χ1) is 14.4. The monoisotopic (exact) mass is 405 g/mol. The first-order valence-corrected chi connectivity index (χ1v) is 10.2. The molecular weight excluding hydrogens is 374 g/mol. The number of benzene rings is 2. The van der Waals surface area contributed by atoms with Crippen LogP contribution in [0.4, 0.5) is 5.69 Å². The van der Waals surface area contributed by atoms with Crippen LogP contribution < -0.4 is 10.5 Å². The van der Waals surface area contributed by atoms with Gasteiger partial charge in [-0.1, -0.05) is 24.3 Å². The molecule has 0 radical (unpaired) electrons. The quantitative estimate of drug-likeness (QED) is 0.236. The number of aromatic hydroxyl groups is 1. The topological polar surface area (TPSA) is 72.6 Å². The van der Waals surface area contributed by atoms with E-state index in [9.17, 15) is 9.90 Å². The number of hydrogen-bond donors (Lipinski definition) is 2.